The largest absolute Gasteiger partial charge is 0.198 e. The molecule has 0 heterocycles. The van der Waals surface area contributed by atoms with Gasteiger partial charge in [-0.25, -0.2) is 0 Å². The summed E-state index contributed by atoms with van der Waals surface area (Å²) in [7, 11) is 0. The summed E-state index contributed by atoms with van der Waals surface area (Å²) in [6.07, 6.45) is 1.25. The minimum atomic E-state index is 0.384. The zero-order chi connectivity index (χ0) is 12.1. The summed E-state index contributed by atoms with van der Waals surface area (Å²) in [4.78, 5) is 0. The van der Waals surface area contributed by atoms with Crippen LogP contribution in [0.4, 0.5) is 0 Å². The molecule has 0 aliphatic carbocycles. The van der Waals surface area contributed by atoms with Crippen LogP contribution in [0.3, 0.4) is 0 Å². The fourth-order valence-electron chi connectivity index (χ4n) is 1.65. The molecule has 0 aromatic heterocycles. The Bertz CT molecular complexity index is 464. The second-order valence-corrected chi connectivity index (χ2v) is 5.01. The van der Waals surface area contributed by atoms with E-state index in [0.29, 0.717) is 17.9 Å². The standard InChI is InChI=1S/C13H13BrN2/c1-9(2)5-11-6-10(3-4-15)7-13(14)12(11)8-16/h6-7,9H,3,5H2,1-2H3. The van der Waals surface area contributed by atoms with E-state index in [9.17, 15) is 0 Å². The van der Waals surface area contributed by atoms with E-state index in [4.69, 9.17) is 10.5 Å². The van der Waals surface area contributed by atoms with E-state index in [1.165, 1.54) is 0 Å². The molecule has 1 aromatic rings. The van der Waals surface area contributed by atoms with E-state index in [-0.39, 0.29) is 0 Å². The molecule has 0 atom stereocenters. The van der Waals surface area contributed by atoms with Crippen LogP contribution in [0.5, 0.6) is 0 Å². The molecule has 0 radical (unpaired) electrons. The highest BCUT2D eigenvalue weighted by Crippen LogP contribution is 2.24. The summed E-state index contributed by atoms with van der Waals surface area (Å²) < 4.78 is 0.790. The van der Waals surface area contributed by atoms with Crippen LogP contribution in [0.1, 0.15) is 30.5 Å². The van der Waals surface area contributed by atoms with Gasteiger partial charge in [-0.3, -0.25) is 0 Å². The van der Waals surface area contributed by atoms with Crippen molar-refractivity contribution in [2.24, 2.45) is 5.92 Å². The molecule has 0 amide bonds. The molecule has 0 fully saturated rings. The van der Waals surface area contributed by atoms with E-state index in [0.717, 1.165) is 22.0 Å². The van der Waals surface area contributed by atoms with Crippen LogP contribution in [0.15, 0.2) is 16.6 Å². The Morgan fingerprint density at radius 3 is 2.50 bits per heavy atom. The molecule has 0 unspecified atom stereocenters. The first-order chi connectivity index (χ1) is 7.58. The molecule has 3 heteroatoms. The highest BCUT2D eigenvalue weighted by molar-refractivity contribution is 9.10. The fourth-order valence-corrected chi connectivity index (χ4v) is 2.28. The van der Waals surface area contributed by atoms with E-state index < -0.39 is 0 Å². The average molecular weight is 277 g/mol. The van der Waals surface area contributed by atoms with E-state index in [1.54, 1.807) is 0 Å². The Hall–Kier alpha value is -1.32. The topological polar surface area (TPSA) is 47.6 Å². The van der Waals surface area contributed by atoms with Gasteiger partial charge in [0.05, 0.1) is 18.1 Å². The van der Waals surface area contributed by atoms with Gasteiger partial charge in [0.1, 0.15) is 6.07 Å². The summed E-state index contributed by atoms with van der Waals surface area (Å²) in [5, 5.41) is 17.8. The minimum absolute atomic E-state index is 0.384. The van der Waals surface area contributed by atoms with Crippen molar-refractivity contribution in [3.63, 3.8) is 0 Å². The number of benzene rings is 1. The number of halogens is 1. The molecule has 0 saturated carbocycles. The first kappa shape index (κ1) is 12.7. The van der Waals surface area contributed by atoms with Crippen LogP contribution in [-0.2, 0) is 12.8 Å². The molecule has 1 rings (SSSR count). The molecular weight excluding hydrogens is 264 g/mol. The number of rotatable bonds is 3. The van der Waals surface area contributed by atoms with E-state index in [2.05, 4.69) is 41.9 Å². The van der Waals surface area contributed by atoms with Crippen LogP contribution < -0.4 is 0 Å². The van der Waals surface area contributed by atoms with Crippen molar-refractivity contribution in [3.8, 4) is 12.1 Å². The van der Waals surface area contributed by atoms with Gasteiger partial charge in [0.2, 0.25) is 0 Å². The maximum Gasteiger partial charge on any atom is 0.101 e. The van der Waals surface area contributed by atoms with Crippen molar-refractivity contribution in [1.29, 1.82) is 10.5 Å². The van der Waals surface area contributed by atoms with Crippen LogP contribution in [0.25, 0.3) is 0 Å². The molecule has 1 aromatic carbocycles. The van der Waals surface area contributed by atoms with Crippen molar-refractivity contribution in [2.45, 2.75) is 26.7 Å². The zero-order valence-electron chi connectivity index (χ0n) is 9.42. The number of hydrogen-bond donors (Lipinski definition) is 0. The van der Waals surface area contributed by atoms with Crippen molar-refractivity contribution >= 4 is 15.9 Å². The normalized spacial score (nSPS) is 9.88. The predicted octanol–water partition coefficient (Wildman–Crippen LogP) is 3.59. The first-order valence-corrected chi connectivity index (χ1v) is 5.96. The van der Waals surface area contributed by atoms with E-state index in [1.807, 2.05) is 12.1 Å². The van der Waals surface area contributed by atoms with E-state index >= 15 is 0 Å². The number of nitrogens with zero attached hydrogens (tertiary/aromatic N) is 2. The second-order valence-electron chi connectivity index (χ2n) is 4.16. The summed E-state index contributed by atoms with van der Waals surface area (Å²) in [5.74, 6) is 0.497. The van der Waals surface area contributed by atoms with Gasteiger partial charge in [-0.2, -0.15) is 10.5 Å². The maximum atomic E-state index is 9.09. The monoisotopic (exact) mass is 276 g/mol. The third kappa shape index (κ3) is 3.08. The van der Waals surface area contributed by atoms with Crippen molar-refractivity contribution < 1.29 is 0 Å². The third-order valence-corrected chi connectivity index (χ3v) is 2.88. The van der Waals surface area contributed by atoms with Gasteiger partial charge in [0.25, 0.3) is 0 Å². The first-order valence-electron chi connectivity index (χ1n) is 5.16. The minimum Gasteiger partial charge on any atom is -0.198 e. The molecule has 0 aliphatic heterocycles. The Balaban J connectivity index is 3.22. The second kappa shape index (κ2) is 5.68. The van der Waals surface area contributed by atoms with Gasteiger partial charge in [-0.1, -0.05) is 19.9 Å². The summed E-state index contributed by atoms with van der Waals surface area (Å²) in [6, 6.07) is 8.15. The molecule has 82 valence electrons. The zero-order valence-corrected chi connectivity index (χ0v) is 11.0. The van der Waals surface area contributed by atoms with Crippen LogP contribution in [0, 0.1) is 28.6 Å². The quantitative estimate of drug-likeness (QED) is 0.847. The van der Waals surface area contributed by atoms with Crippen molar-refractivity contribution in [1.82, 2.24) is 0 Å². The Labute approximate surface area is 105 Å². The lowest BCUT2D eigenvalue weighted by molar-refractivity contribution is 0.645. The highest BCUT2D eigenvalue weighted by Gasteiger charge is 2.10. The molecule has 0 saturated heterocycles. The summed E-state index contributed by atoms with van der Waals surface area (Å²) >= 11 is 3.39. The molecule has 16 heavy (non-hydrogen) atoms. The van der Waals surface area contributed by atoms with Gasteiger partial charge in [0.15, 0.2) is 0 Å². The molecule has 0 bridgehead atoms. The Kier molecular flexibility index (Phi) is 4.52. The Morgan fingerprint density at radius 2 is 2.00 bits per heavy atom. The van der Waals surface area contributed by atoms with Gasteiger partial charge in [0, 0.05) is 4.47 Å². The van der Waals surface area contributed by atoms with Gasteiger partial charge in [-0.05, 0) is 45.5 Å². The molecule has 2 nitrogen and oxygen atoms in total. The van der Waals surface area contributed by atoms with Gasteiger partial charge in [-0.15, -0.1) is 0 Å². The van der Waals surface area contributed by atoms with Crippen molar-refractivity contribution in [3.05, 3.63) is 33.3 Å². The average Bonchev–Trinajstić information content (AvgIpc) is 2.16. The summed E-state index contributed by atoms with van der Waals surface area (Å²) in [5.41, 5.74) is 2.68. The molecule has 0 N–H and O–H groups in total. The smallest absolute Gasteiger partial charge is 0.101 e. The molecular formula is C13H13BrN2. The van der Waals surface area contributed by atoms with Crippen LogP contribution >= 0.6 is 15.9 Å². The van der Waals surface area contributed by atoms with Crippen LogP contribution in [-0.4, -0.2) is 0 Å². The summed E-state index contributed by atoms with van der Waals surface area (Å²) in [6.45, 7) is 4.23. The number of hydrogen-bond acceptors (Lipinski definition) is 2. The lowest BCUT2D eigenvalue weighted by Gasteiger charge is -2.10. The van der Waals surface area contributed by atoms with Gasteiger partial charge < -0.3 is 0 Å². The SMILES string of the molecule is CC(C)Cc1cc(CC#N)cc(Br)c1C#N. The fraction of sp³-hybridized carbons (Fsp3) is 0.385. The lowest BCUT2D eigenvalue weighted by atomic mass is 9.96. The Morgan fingerprint density at radius 1 is 1.31 bits per heavy atom. The number of nitriles is 2. The maximum absolute atomic E-state index is 9.09. The van der Waals surface area contributed by atoms with Crippen molar-refractivity contribution in [2.75, 3.05) is 0 Å². The lowest BCUT2D eigenvalue weighted by Crippen LogP contribution is -2.00. The van der Waals surface area contributed by atoms with Gasteiger partial charge >= 0.3 is 0 Å². The van der Waals surface area contributed by atoms with Crippen LogP contribution in [0.2, 0.25) is 0 Å². The molecule has 0 aliphatic rings. The predicted molar refractivity (Wildman–Crippen MR) is 66.7 cm³/mol. The highest BCUT2D eigenvalue weighted by atomic mass is 79.9. The third-order valence-electron chi connectivity index (χ3n) is 2.25. The molecule has 0 spiro atoms.